The Bertz CT molecular complexity index is 782. The SMILES string of the molecule is CCOC(=O)c1cc(-c2ccccc2)sc1Nc1ccccc1. The summed E-state index contributed by atoms with van der Waals surface area (Å²) in [6.45, 7) is 2.17. The Morgan fingerprint density at radius 3 is 2.35 bits per heavy atom. The second-order valence-electron chi connectivity index (χ2n) is 4.93. The van der Waals surface area contributed by atoms with Crippen LogP contribution < -0.4 is 5.32 Å². The maximum absolute atomic E-state index is 12.2. The number of hydrogen-bond donors (Lipinski definition) is 1. The highest BCUT2D eigenvalue weighted by atomic mass is 32.1. The number of para-hydroxylation sites is 1. The van der Waals surface area contributed by atoms with Crippen molar-refractivity contribution in [3.8, 4) is 10.4 Å². The van der Waals surface area contributed by atoms with E-state index < -0.39 is 0 Å². The third-order valence-corrected chi connectivity index (χ3v) is 4.42. The normalized spacial score (nSPS) is 10.3. The molecule has 3 aromatic rings. The third kappa shape index (κ3) is 3.60. The van der Waals surface area contributed by atoms with E-state index in [1.807, 2.05) is 73.7 Å². The van der Waals surface area contributed by atoms with Crippen LogP contribution in [0, 0.1) is 0 Å². The van der Waals surface area contributed by atoms with Gasteiger partial charge in [-0.1, -0.05) is 48.5 Å². The molecule has 3 rings (SSSR count). The number of anilines is 2. The van der Waals surface area contributed by atoms with E-state index >= 15 is 0 Å². The number of carbonyl (C=O) groups is 1. The van der Waals surface area contributed by atoms with Gasteiger partial charge in [-0.2, -0.15) is 0 Å². The van der Waals surface area contributed by atoms with Gasteiger partial charge < -0.3 is 10.1 Å². The summed E-state index contributed by atoms with van der Waals surface area (Å²) in [6.07, 6.45) is 0. The van der Waals surface area contributed by atoms with Crippen LogP contribution in [-0.4, -0.2) is 12.6 Å². The van der Waals surface area contributed by atoms with E-state index in [0.717, 1.165) is 21.1 Å². The van der Waals surface area contributed by atoms with Gasteiger partial charge in [0.25, 0.3) is 0 Å². The van der Waals surface area contributed by atoms with Crippen LogP contribution in [0.3, 0.4) is 0 Å². The summed E-state index contributed by atoms with van der Waals surface area (Å²) >= 11 is 1.55. The molecule has 1 aromatic heterocycles. The molecule has 0 unspecified atom stereocenters. The molecule has 4 heteroatoms. The van der Waals surface area contributed by atoms with Crippen LogP contribution in [0.15, 0.2) is 66.7 Å². The molecular weight excluding hydrogens is 306 g/mol. The van der Waals surface area contributed by atoms with Crippen LogP contribution in [0.4, 0.5) is 10.7 Å². The van der Waals surface area contributed by atoms with E-state index in [-0.39, 0.29) is 5.97 Å². The molecule has 0 saturated heterocycles. The molecule has 0 bridgehead atoms. The fourth-order valence-corrected chi connectivity index (χ4v) is 3.31. The van der Waals surface area contributed by atoms with Crippen LogP contribution in [0.25, 0.3) is 10.4 Å². The van der Waals surface area contributed by atoms with Gasteiger partial charge in [-0.15, -0.1) is 11.3 Å². The van der Waals surface area contributed by atoms with Crippen LogP contribution in [-0.2, 0) is 4.74 Å². The summed E-state index contributed by atoms with van der Waals surface area (Å²) in [5, 5.41) is 4.12. The minimum absolute atomic E-state index is 0.302. The zero-order valence-corrected chi connectivity index (χ0v) is 13.6. The second kappa shape index (κ2) is 7.11. The first-order chi connectivity index (χ1) is 11.3. The fraction of sp³-hybridized carbons (Fsp3) is 0.105. The van der Waals surface area contributed by atoms with Gasteiger partial charge in [0.2, 0.25) is 0 Å². The van der Waals surface area contributed by atoms with Gasteiger partial charge in [0.15, 0.2) is 0 Å². The molecule has 1 heterocycles. The Morgan fingerprint density at radius 2 is 1.70 bits per heavy atom. The average molecular weight is 323 g/mol. The minimum Gasteiger partial charge on any atom is -0.462 e. The number of nitrogens with one attached hydrogen (secondary N) is 1. The highest BCUT2D eigenvalue weighted by Crippen LogP contribution is 2.37. The molecule has 2 aromatic carbocycles. The number of thiophene rings is 1. The molecule has 1 N–H and O–H groups in total. The molecule has 0 amide bonds. The molecule has 3 nitrogen and oxygen atoms in total. The van der Waals surface area contributed by atoms with E-state index in [4.69, 9.17) is 4.74 Å². The van der Waals surface area contributed by atoms with Crippen molar-refractivity contribution in [2.45, 2.75) is 6.92 Å². The molecule has 0 aliphatic rings. The minimum atomic E-state index is -0.302. The van der Waals surface area contributed by atoms with Crippen LogP contribution >= 0.6 is 11.3 Å². The van der Waals surface area contributed by atoms with E-state index in [2.05, 4.69) is 5.32 Å². The van der Waals surface area contributed by atoms with Gasteiger partial charge in [-0.05, 0) is 30.7 Å². The molecule has 0 saturated carbocycles. The standard InChI is InChI=1S/C19H17NO2S/c1-2-22-19(21)16-13-17(14-9-5-3-6-10-14)23-18(16)20-15-11-7-4-8-12-15/h3-13,20H,2H2,1H3. The van der Waals surface area contributed by atoms with Crippen LogP contribution in [0.2, 0.25) is 0 Å². The topological polar surface area (TPSA) is 38.3 Å². The maximum atomic E-state index is 12.2. The predicted molar refractivity (Wildman–Crippen MR) is 95.4 cm³/mol. The van der Waals surface area contributed by atoms with Crippen molar-refractivity contribution >= 4 is 28.0 Å². The number of esters is 1. The monoisotopic (exact) mass is 323 g/mol. The first-order valence-corrected chi connectivity index (χ1v) is 8.28. The number of carbonyl (C=O) groups excluding carboxylic acids is 1. The van der Waals surface area contributed by atoms with E-state index in [1.54, 1.807) is 11.3 Å². The lowest BCUT2D eigenvalue weighted by Gasteiger charge is -2.06. The van der Waals surface area contributed by atoms with E-state index in [9.17, 15) is 4.79 Å². The summed E-state index contributed by atoms with van der Waals surface area (Å²) < 4.78 is 5.18. The van der Waals surface area contributed by atoms with Crippen LogP contribution in [0.1, 0.15) is 17.3 Å². The van der Waals surface area contributed by atoms with Crippen molar-refractivity contribution in [2.75, 3.05) is 11.9 Å². The van der Waals surface area contributed by atoms with Crippen molar-refractivity contribution in [2.24, 2.45) is 0 Å². The number of hydrogen-bond acceptors (Lipinski definition) is 4. The molecule has 116 valence electrons. The molecule has 0 aliphatic heterocycles. The molecule has 0 aliphatic carbocycles. The Hall–Kier alpha value is -2.59. The predicted octanol–water partition coefficient (Wildman–Crippen LogP) is 5.34. The summed E-state index contributed by atoms with van der Waals surface area (Å²) in [5.41, 5.74) is 2.60. The fourth-order valence-electron chi connectivity index (χ4n) is 2.24. The average Bonchev–Trinajstić information content (AvgIpc) is 3.01. The number of benzene rings is 2. The Balaban J connectivity index is 1.98. The Labute approximate surface area is 139 Å². The van der Waals surface area contributed by atoms with Crippen molar-refractivity contribution in [1.29, 1.82) is 0 Å². The summed E-state index contributed by atoms with van der Waals surface area (Å²) in [5.74, 6) is -0.302. The zero-order chi connectivity index (χ0) is 16.1. The van der Waals surface area contributed by atoms with Crippen molar-refractivity contribution < 1.29 is 9.53 Å². The van der Waals surface area contributed by atoms with Crippen molar-refractivity contribution in [1.82, 2.24) is 0 Å². The Kier molecular flexibility index (Phi) is 4.74. The highest BCUT2D eigenvalue weighted by Gasteiger charge is 2.18. The Morgan fingerprint density at radius 1 is 1.04 bits per heavy atom. The van der Waals surface area contributed by atoms with Gasteiger partial charge in [0, 0.05) is 10.6 Å². The number of ether oxygens (including phenoxy) is 1. The number of rotatable bonds is 5. The van der Waals surface area contributed by atoms with E-state index in [1.165, 1.54) is 0 Å². The quantitative estimate of drug-likeness (QED) is 0.644. The molecule has 0 spiro atoms. The lowest BCUT2D eigenvalue weighted by Crippen LogP contribution is -2.05. The van der Waals surface area contributed by atoms with E-state index in [0.29, 0.717) is 12.2 Å². The zero-order valence-electron chi connectivity index (χ0n) is 12.8. The third-order valence-electron chi connectivity index (χ3n) is 3.32. The van der Waals surface area contributed by atoms with Gasteiger partial charge in [-0.3, -0.25) is 0 Å². The summed E-state index contributed by atoms with van der Waals surface area (Å²) in [4.78, 5) is 13.3. The van der Waals surface area contributed by atoms with Gasteiger partial charge in [-0.25, -0.2) is 4.79 Å². The van der Waals surface area contributed by atoms with Gasteiger partial charge in [0.1, 0.15) is 5.00 Å². The van der Waals surface area contributed by atoms with Gasteiger partial charge >= 0.3 is 5.97 Å². The lowest BCUT2D eigenvalue weighted by atomic mass is 10.1. The lowest BCUT2D eigenvalue weighted by molar-refractivity contribution is 0.0528. The highest BCUT2D eigenvalue weighted by molar-refractivity contribution is 7.19. The smallest absolute Gasteiger partial charge is 0.341 e. The molecule has 0 fully saturated rings. The molecular formula is C19H17NO2S. The molecule has 0 radical (unpaired) electrons. The maximum Gasteiger partial charge on any atom is 0.341 e. The molecule has 0 atom stereocenters. The van der Waals surface area contributed by atoms with Crippen molar-refractivity contribution in [3.63, 3.8) is 0 Å². The first-order valence-electron chi connectivity index (χ1n) is 7.46. The summed E-state index contributed by atoms with van der Waals surface area (Å²) in [7, 11) is 0. The summed E-state index contributed by atoms with van der Waals surface area (Å²) in [6, 6.07) is 21.7. The first kappa shape index (κ1) is 15.3. The molecule has 23 heavy (non-hydrogen) atoms. The van der Waals surface area contributed by atoms with Crippen LogP contribution in [0.5, 0.6) is 0 Å². The van der Waals surface area contributed by atoms with Crippen molar-refractivity contribution in [3.05, 3.63) is 72.3 Å². The largest absolute Gasteiger partial charge is 0.462 e. The van der Waals surface area contributed by atoms with Gasteiger partial charge in [0.05, 0.1) is 12.2 Å². The second-order valence-corrected chi connectivity index (χ2v) is 5.98.